The number of benzene rings is 2. The van der Waals surface area contributed by atoms with Crippen molar-refractivity contribution in [3.8, 4) is 11.5 Å². The lowest BCUT2D eigenvalue weighted by Gasteiger charge is -2.12. The Bertz CT molecular complexity index is 1150. The Morgan fingerprint density at radius 1 is 1.17 bits per heavy atom. The SMILES string of the molecule is CCCCOC(=O)CN1C(=O)S/C(=C/c2cc(OC)c(OCc3ccccc3)cc2[N+](=O)[O-])C1=O. The van der Waals surface area contributed by atoms with E-state index in [0.29, 0.717) is 18.2 Å². The summed E-state index contributed by atoms with van der Waals surface area (Å²) in [5, 5.41) is 11.1. The third-order valence-corrected chi connectivity index (χ3v) is 5.86. The van der Waals surface area contributed by atoms with Gasteiger partial charge in [-0.2, -0.15) is 0 Å². The Morgan fingerprint density at radius 3 is 2.57 bits per heavy atom. The largest absolute Gasteiger partial charge is 0.493 e. The molecule has 3 rings (SSSR count). The maximum absolute atomic E-state index is 12.7. The van der Waals surface area contributed by atoms with Crippen LogP contribution >= 0.6 is 11.8 Å². The summed E-state index contributed by atoms with van der Waals surface area (Å²) in [7, 11) is 1.39. The molecule has 0 aromatic heterocycles. The van der Waals surface area contributed by atoms with E-state index in [1.165, 1.54) is 25.3 Å². The van der Waals surface area contributed by atoms with E-state index in [2.05, 4.69) is 0 Å². The highest BCUT2D eigenvalue weighted by atomic mass is 32.2. The third kappa shape index (κ3) is 6.60. The summed E-state index contributed by atoms with van der Waals surface area (Å²) in [5.41, 5.74) is 0.581. The van der Waals surface area contributed by atoms with Crippen LogP contribution in [-0.4, -0.2) is 47.2 Å². The van der Waals surface area contributed by atoms with Crippen molar-refractivity contribution in [1.29, 1.82) is 0 Å². The molecule has 0 radical (unpaired) electrons. The van der Waals surface area contributed by atoms with E-state index in [-0.39, 0.29) is 40.9 Å². The molecule has 1 saturated heterocycles. The van der Waals surface area contributed by atoms with Crippen LogP contribution in [0.3, 0.4) is 0 Å². The van der Waals surface area contributed by atoms with Gasteiger partial charge in [-0.3, -0.25) is 29.4 Å². The highest BCUT2D eigenvalue weighted by molar-refractivity contribution is 8.18. The number of amides is 2. The Hall–Kier alpha value is -3.86. The van der Waals surface area contributed by atoms with Crippen LogP contribution in [0.2, 0.25) is 0 Å². The zero-order valence-electron chi connectivity index (χ0n) is 19.2. The normalized spacial score (nSPS) is 14.3. The van der Waals surface area contributed by atoms with Gasteiger partial charge in [-0.15, -0.1) is 0 Å². The number of nitrogens with zero attached hydrogens (tertiary/aromatic N) is 2. The highest BCUT2D eigenvalue weighted by Gasteiger charge is 2.37. The number of nitro benzene ring substituents is 1. The molecule has 1 aliphatic rings. The summed E-state index contributed by atoms with van der Waals surface area (Å²) in [6, 6.07) is 11.8. The minimum atomic E-state index is -0.731. The fraction of sp³-hybridized carbons (Fsp3) is 0.292. The number of imide groups is 1. The van der Waals surface area contributed by atoms with Gasteiger partial charge in [0.05, 0.1) is 35.2 Å². The third-order valence-electron chi connectivity index (χ3n) is 4.96. The van der Waals surface area contributed by atoms with Gasteiger partial charge in [0, 0.05) is 0 Å². The number of carbonyl (C=O) groups is 3. The molecule has 1 aliphatic heterocycles. The maximum Gasteiger partial charge on any atom is 0.326 e. The first-order valence-corrected chi connectivity index (χ1v) is 11.6. The van der Waals surface area contributed by atoms with Crippen molar-refractivity contribution >= 4 is 40.6 Å². The van der Waals surface area contributed by atoms with Gasteiger partial charge >= 0.3 is 5.97 Å². The number of ether oxygens (including phenoxy) is 3. The van der Waals surface area contributed by atoms with Crippen molar-refractivity contribution in [2.45, 2.75) is 26.4 Å². The lowest BCUT2D eigenvalue weighted by molar-refractivity contribution is -0.385. The topological polar surface area (TPSA) is 125 Å². The zero-order chi connectivity index (χ0) is 25.4. The summed E-state index contributed by atoms with van der Waals surface area (Å²) in [6.45, 7) is 1.78. The standard InChI is InChI=1S/C24H24N2O8S/c1-3-4-10-33-22(27)14-25-23(28)21(35-24(25)29)12-17-11-19(32-2)20(13-18(17)26(30)31)34-15-16-8-6-5-7-9-16/h5-9,11-13H,3-4,10,14-15H2,1-2H3/b21-12+. The van der Waals surface area contributed by atoms with Crippen molar-refractivity contribution in [1.82, 2.24) is 4.90 Å². The average molecular weight is 501 g/mol. The van der Waals surface area contributed by atoms with Crippen LogP contribution in [-0.2, 0) is 20.9 Å². The quantitative estimate of drug-likeness (QED) is 0.143. The van der Waals surface area contributed by atoms with Gasteiger partial charge in [0.15, 0.2) is 11.5 Å². The van der Waals surface area contributed by atoms with Crippen molar-refractivity contribution < 1.29 is 33.5 Å². The van der Waals surface area contributed by atoms with Gasteiger partial charge in [0.25, 0.3) is 16.8 Å². The molecular weight excluding hydrogens is 476 g/mol. The number of unbranched alkanes of at least 4 members (excludes halogenated alkanes) is 1. The molecule has 0 bridgehead atoms. The smallest absolute Gasteiger partial charge is 0.326 e. The molecule has 0 saturated carbocycles. The highest BCUT2D eigenvalue weighted by Crippen LogP contribution is 2.39. The molecule has 2 aromatic carbocycles. The summed E-state index contributed by atoms with van der Waals surface area (Å²) >= 11 is 0.589. The van der Waals surface area contributed by atoms with E-state index in [4.69, 9.17) is 14.2 Å². The lowest BCUT2D eigenvalue weighted by atomic mass is 10.1. The van der Waals surface area contributed by atoms with Crippen molar-refractivity contribution in [3.05, 3.63) is 68.6 Å². The number of methoxy groups -OCH3 is 1. The second kappa shape index (κ2) is 12.0. The van der Waals surface area contributed by atoms with Crippen LogP contribution < -0.4 is 9.47 Å². The van der Waals surface area contributed by atoms with E-state index in [1.807, 2.05) is 37.3 Å². The van der Waals surface area contributed by atoms with Crippen LogP contribution in [0, 0.1) is 10.1 Å². The monoisotopic (exact) mass is 500 g/mol. The fourth-order valence-corrected chi connectivity index (χ4v) is 3.96. The Balaban J connectivity index is 1.83. The molecule has 35 heavy (non-hydrogen) atoms. The molecular formula is C24H24N2O8S. The van der Waals surface area contributed by atoms with Gasteiger partial charge in [0.2, 0.25) is 0 Å². The number of hydrogen-bond acceptors (Lipinski definition) is 9. The molecule has 1 heterocycles. The molecule has 0 spiro atoms. The summed E-state index contributed by atoms with van der Waals surface area (Å²) < 4.78 is 16.1. The van der Waals surface area contributed by atoms with E-state index < -0.39 is 28.6 Å². The van der Waals surface area contributed by atoms with Crippen LogP contribution in [0.4, 0.5) is 10.5 Å². The molecule has 0 N–H and O–H groups in total. The number of thioether (sulfide) groups is 1. The second-order valence-corrected chi connectivity index (χ2v) is 8.43. The summed E-state index contributed by atoms with van der Waals surface area (Å²) in [5.74, 6) is -1.06. The van der Waals surface area contributed by atoms with E-state index in [1.54, 1.807) is 0 Å². The molecule has 0 unspecified atom stereocenters. The van der Waals surface area contributed by atoms with Crippen molar-refractivity contribution in [2.75, 3.05) is 20.3 Å². The number of esters is 1. The number of nitro groups is 1. The zero-order valence-corrected chi connectivity index (χ0v) is 20.0. The van der Waals surface area contributed by atoms with Gasteiger partial charge < -0.3 is 14.2 Å². The number of carbonyl (C=O) groups excluding carboxylic acids is 3. The van der Waals surface area contributed by atoms with E-state index in [0.717, 1.165) is 16.9 Å². The van der Waals surface area contributed by atoms with Crippen LogP contribution in [0.5, 0.6) is 11.5 Å². The Morgan fingerprint density at radius 2 is 1.91 bits per heavy atom. The van der Waals surface area contributed by atoms with Gasteiger partial charge in [0.1, 0.15) is 13.2 Å². The molecule has 184 valence electrons. The first-order chi connectivity index (χ1) is 16.8. The predicted octanol–water partition coefficient (Wildman–Crippen LogP) is 4.56. The minimum absolute atomic E-state index is 0.0509. The number of rotatable bonds is 11. The first-order valence-electron chi connectivity index (χ1n) is 10.8. The van der Waals surface area contributed by atoms with Crippen molar-refractivity contribution in [3.63, 3.8) is 0 Å². The molecule has 0 atom stereocenters. The van der Waals surface area contributed by atoms with Crippen LogP contribution in [0.1, 0.15) is 30.9 Å². The molecule has 2 aromatic rings. The lowest BCUT2D eigenvalue weighted by Crippen LogP contribution is -2.34. The van der Waals surface area contributed by atoms with Gasteiger partial charge in [-0.05, 0) is 35.9 Å². The van der Waals surface area contributed by atoms with Gasteiger partial charge in [-0.25, -0.2) is 0 Å². The second-order valence-electron chi connectivity index (χ2n) is 7.44. The van der Waals surface area contributed by atoms with E-state index >= 15 is 0 Å². The van der Waals surface area contributed by atoms with Crippen molar-refractivity contribution in [2.24, 2.45) is 0 Å². The molecule has 11 heteroatoms. The predicted molar refractivity (Wildman–Crippen MR) is 129 cm³/mol. The molecule has 1 fully saturated rings. The van der Waals surface area contributed by atoms with E-state index in [9.17, 15) is 24.5 Å². The molecule has 2 amide bonds. The Kier molecular flexibility index (Phi) is 8.85. The Labute approximate surface area is 206 Å². The molecule has 0 aliphatic carbocycles. The minimum Gasteiger partial charge on any atom is -0.493 e. The fourth-order valence-electron chi connectivity index (χ4n) is 3.13. The average Bonchev–Trinajstić information content (AvgIpc) is 3.10. The maximum atomic E-state index is 12.7. The van der Waals surface area contributed by atoms with Crippen LogP contribution in [0.25, 0.3) is 6.08 Å². The van der Waals surface area contributed by atoms with Crippen LogP contribution in [0.15, 0.2) is 47.4 Å². The number of hydrogen-bond donors (Lipinski definition) is 0. The van der Waals surface area contributed by atoms with Gasteiger partial charge in [-0.1, -0.05) is 43.7 Å². The molecule has 10 nitrogen and oxygen atoms in total. The summed E-state index contributed by atoms with van der Waals surface area (Å²) in [6.07, 6.45) is 2.73. The first kappa shape index (κ1) is 25.8. The summed E-state index contributed by atoms with van der Waals surface area (Å²) in [4.78, 5) is 48.8.